The summed E-state index contributed by atoms with van der Waals surface area (Å²) in [5.74, 6) is 0.818. The summed E-state index contributed by atoms with van der Waals surface area (Å²) in [5, 5.41) is 0. The van der Waals surface area contributed by atoms with Gasteiger partial charge in [-0.3, -0.25) is 9.69 Å². The molecule has 4 heteroatoms. The van der Waals surface area contributed by atoms with Crippen molar-refractivity contribution in [2.24, 2.45) is 5.92 Å². The van der Waals surface area contributed by atoms with Crippen LogP contribution < -0.4 is 0 Å². The van der Waals surface area contributed by atoms with E-state index in [9.17, 15) is 4.79 Å². The number of likely N-dealkylation sites (tertiary alicyclic amines) is 1. The van der Waals surface area contributed by atoms with Gasteiger partial charge in [0.05, 0.1) is 11.7 Å². The Morgan fingerprint density at radius 3 is 2.44 bits per heavy atom. The van der Waals surface area contributed by atoms with Gasteiger partial charge in [-0.1, -0.05) is 58.9 Å². The molecule has 0 aromatic heterocycles. The summed E-state index contributed by atoms with van der Waals surface area (Å²) >= 11 is 0. The Balaban J connectivity index is 1.41. The van der Waals surface area contributed by atoms with Gasteiger partial charge in [0.1, 0.15) is 0 Å². The fourth-order valence-corrected chi connectivity index (χ4v) is 6.57. The first-order valence-electron chi connectivity index (χ1n) is 14.2. The molecule has 1 amide bonds. The lowest BCUT2D eigenvalue weighted by atomic mass is 9.86. The van der Waals surface area contributed by atoms with Gasteiger partial charge < -0.3 is 9.64 Å². The molecule has 0 bridgehead atoms. The molecule has 4 rings (SSSR count). The molecule has 0 radical (unpaired) electrons. The second-order valence-electron chi connectivity index (χ2n) is 11.8. The Labute approximate surface area is 208 Å². The lowest BCUT2D eigenvalue weighted by molar-refractivity contribution is -0.182. The third-order valence-electron chi connectivity index (χ3n) is 8.48. The average Bonchev–Trinajstić information content (AvgIpc) is 3.10. The van der Waals surface area contributed by atoms with Crippen LogP contribution in [0.15, 0.2) is 18.2 Å². The number of rotatable bonds is 6. The van der Waals surface area contributed by atoms with Gasteiger partial charge in [0.25, 0.3) is 5.91 Å². The van der Waals surface area contributed by atoms with E-state index >= 15 is 0 Å². The number of piperidine rings is 1. The predicted octanol–water partition coefficient (Wildman–Crippen LogP) is 6.39. The van der Waals surface area contributed by atoms with Gasteiger partial charge in [-0.25, -0.2) is 0 Å². The van der Waals surface area contributed by atoms with Crippen LogP contribution in [0.3, 0.4) is 0 Å². The lowest BCUT2D eigenvalue weighted by Crippen LogP contribution is -2.61. The third-order valence-corrected chi connectivity index (χ3v) is 8.48. The Bertz CT molecular complexity index is 804. The molecule has 2 saturated heterocycles. The van der Waals surface area contributed by atoms with Crippen molar-refractivity contribution in [2.45, 2.75) is 116 Å². The van der Waals surface area contributed by atoms with Crippen molar-refractivity contribution in [1.29, 1.82) is 0 Å². The lowest BCUT2D eigenvalue weighted by Gasteiger charge is -2.52. The summed E-state index contributed by atoms with van der Waals surface area (Å²) in [6.07, 6.45) is 13.9. The smallest absolute Gasteiger partial charge is 0.253 e. The van der Waals surface area contributed by atoms with Crippen molar-refractivity contribution in [3.05, 3.63) is 34.9 Å². The molecule has 1 aliphatic carbocycles. The molecule has 2 aliphatic heterocycles. The van der Waals surface area contributed by atoms with E-state index in [1.807, 2.05) is 6.07 Å². The summed E-state index contributed by atoms with van der Waals surface area (Å²) in [6.45, 7) is 12.7. The van der Waals surface area contributed by atoms with E-state index in [1.165, 1.54) is 56.1 Å². The van der Waals surface area contributed by atoms with Crippen LogP contribution in [0.5, 0.6) is 0 Å². The summed E-state index contributed by atoms with van der Waals surface area (Å²) < 4.78 is 6.83. The molecule has 1 spiro atoms. The molecule has 1 aromatic rings. The predicted molar refractivity (Wildman–Crippen MR) is 140 cm³/mol. The van der Waals surface area contributed by atoms with Crippen molar-refractivity contribution in [2.75, 3.05) is 26.2 Å². The van der Waals surface area contributed by atoms with Gasteiger partial charge >= 0.3 is 0 Å². The van der Waals surface area contributed by atoms with Gasteiger partial charge in [0.2, 0.25) is 0 Å². The molecule has 1 aromatic carbocycles. The minimum Gasteiger partial charge on any atom is -0.369 e. The number of hydrogen-bond donors (Lipinski definition) is 0. The Morgan fingerprint density at radius 1 is 1.12 bits per heavy atom. The zero-order valence-electron chi connectivity index (χ0n) is 22.3. The number of carbonyl (C=O) groups is 1. The van der Waals surface area contributed by atoms with E-state index in [2.05, 4.69) is 49.6 Å². The molecule has 1 atom stereocenters. The van der Waals surface area contributed by atoms with Crippen molar-refractivity contribution < 1.29 is 9.53 Å². The van der Waals surface area contributed by atoms with E-state index in [4.69, 9.17) is 4.74 Å². The summed E-state index contributed by atoms with van der Waals surface area (Å²) in [6, 6.07) is 7.04. The van der Waals surface area contributed by atoms with E-state index in [0.717, 1.165) is 63.5 Å². The van der Waals surface area contributed by atoms with Crippen LogP contribution in [-0.4, -0.2) is 59.6 Å². The van der Waals surface area contributed by atoms with Crippen LogP contribution in [0, 0.1) is 12.8 Å². The number of nitrogens with zero attached hydrogens (tertiary/aromatic N) is 2. The molecule has 0 N–H and O–H groups in total. The molecule has 1 unspecified atom stereocenters. The fourth-order valence-electron chi connectivity index (χ4n) is 6.57. The van der Waals surface area contributed by atoms with Crippen LogP contribution in [-0.2, 0) is 11.2 Å². The van der Waals surface area contributed by atoms with Crippen LogP contribution in [0.2, 0.25) is 0 Å². The van der Waals surface area contributed by atoms with Crippen LogP contribution >= 0.6 is 0 Å². The molecule has 4 nitrogen and oxygen atoms in total. The first kappa shape index (κ1) is 25.7. The van der Waals surface area contributed by atoms with Crippen molar-refractivity contribution in [3.8, 4) is 0 Å². The third kappa shape index (κ3) is 6.23. The number of ether oxygens (including phenoxy) is 1. The average molecular weight is 469 g/mol. The molecule has 3 fully saturated rings. The largest absolute Gasteiger partial charge is 0.369 e. The highest BCUT2D eigenvalue weighted by Crippen LogP contribution is 2.36. The van der Waals surface area contributed by atoms with Crippen LogP contribution in [0.25, 0.3) is 0 Å². The Morgan fingerprint density at radius 2 is 1.82 bits per heavy atom. The second-order valence-corrected chi connectivity index (χ2v) is 11.8. The van der Waals surface area contributed by atoms with E-state index in [0.29, 0.717) is 12.0 Å². The van der Waals surface area contributed by atoms with E-state index in [-0.39, 0.29) is 11.5 Å². The monoisotopic (exact) mass is 468 g/mol. The van der Waals surface area contributed by atoms with Gasteiger partial charge in [0.15, 0.2) is 0 Å². The van der Waals surface area contributed by atoms with Gasteiger partial charge in [0, 0.05) is 37.8 Å². The molecule has 3 aliphatic rings. The maximum atomic E-state index is 13.3. The normalized spacial score (nSPS) is 24.5. The molecular weight excluding hydrogens is 420 g/mol. The fraction of sp³-hybridized carbons (Fsp3) is 0.767. The SMILES string of the molecule is CCCC1CN(C2CCCCCC2)CC2(CCN(C(=O)c3ccc(CC(C)C)c(C)c3)CC2)O1. The molecule has 2 heterocycles. The van der Waals surface area contributed by atoms with Crippen molar-refractivity contribution in [3.63, 3.8) is 0 Å². The quantitative estimate of drug-likeness (QED) is 0.453. The van der Waals surface area contributed by atoms with E-state index in [1.54, 1.807) is 0 Å². The highest BCUT2D eigenvalue weighted by Gasteiger charge is 2.44. The molecular formula is C30H48N2O2. The maximum Gasteiger partial charge on any atom is 0.253 e. The first-order valence-corrected chi connectivity index (χ1v) is 14.2. The Kier molecular flexibility index (Phi) is 8.74. The molecule has 1 saturated carbocycles. The van der Waals surface area contributed by atoms with Crippen molar-refractivity contribution in [1.82, 2.24) is 9.80 Å². The standard InChI is InChI=1S/C30H48N2O2/c1-5-10-28-21-32(27-11-8-6-7-9-12-27)22-30(34-28)15-17-31(18-16-30)29(33)26-14-13-25(19-23(2)3)24(4)20-26/h13-14,20,23,27-28H,5-12,15-19,21-22H2,1-4H3. The number of amides is 1. The zero-order valence-corrected chi connectivity index (χ0v) is 22.3. The first-order chi connectivity index (χ1) is 16.4. The zero-order chi connectivity index (χ0) is 24.1. The van der Waals surface area contributed by atoms with Gasteiger partial charge in [-0.15, -0.1) is 0 Å². The summed E-state index contributed by atoms with van der Waals surface area (Å²) in [4.78, 5) is 18.2. The molecule has 190 valence electrons. The highest BCUT2D eigenvalue weighted by molar-refractivity contribution is 5.94. The van der Waals surface area contributed by atoms with Crippen LogP contribution in [0.4, 0.5) is 0 Å². The number of morpholine rings is 1. The van der Waals surface area contributed by atoms with Gasteiger partial charge in [-0.2, -0.15) is 0 Å². The number of aryl methyl sites for hydroxylation is 1. The minimum absolute atomic E-state index is 0.0712. The Hall–Kier alpha value is -1.39. The summed E-state index contributed by atoms with van der Waals surface area (Å²) in [7, 11) is 0. The number of benzene rings is 1. The number of carbonyl (C=O) groups excluding carboxylic acids is 1. The second kappa shape index (κ2) is 11.6. The topological polar surface area (TPSA) is 32.8 Å². The molecule has 34 heavy (non-hydrogen) atoms. The number of hydrogen-bond acceptors (Lipinski definition) is 3. The van der Waals surface area contributed by atoms with Crippen LogP contribution in [0.1, 0.15) is 106 Å². The minimum atomic E-state index is -0.0712. The summed E-state index contributed by atoms with van der Waals surface area (Å²) in [5.41, 5.74) is 3.37. The van der Waals surface area contributed by atoms with Crippen molar-refractivity contribution >= 4 is 5.91 Å². The van der Waals surface area contributed by atoms with E-state index < -0.39 is 0 Å². The van der Waals surface area contributed by atoms with Gasteiger partial charge in [-0.05, 0) is 74.6 Å². The highest BCUT2D eigenvalue weighted by atomic mass is 16.5. The maximum absolute atomic E-state index is 13.3.